The lowest BCUT2D eigenvalue weighted by Crippen LogP contribution is -2.07. The van der Waals surface area contributed by atoms with Crippen LogP contribution in [0.1, 0.15) is 46.8 Å². The van der Waals surface area contributed by atoms with Crippen LogP contribution in [-0.2, 0) is 13.2 Å². The first-order valence-electron chi connectivity index (χ1n) is 13.9. The molecule has 256 valence electrons. The summed E-state index contributed by atoms with van der Waals surface area (Å²) in [6.07, 6.45) is -5.00. The Hall–Kier alpha value is -4.77. The van der Waals surface area contributed by atoms with E-state index in [2.05, 4.69) is 41.0 Å². The molecule has 0 saturated carbocycles. The molecule has 0 atom stereocenters. The average Bonchev–Trinajstić information content (AvgIpc) is 3.67. The van der Waals surface area contributed by atoms with E-state index >= 15 is 0 Å². The number of aliphatic hydroxyl groups is 1. The van der Waals surface area contributed by atoms with Gasteiger partial charge in [0.1, 0.15) is 12.3 Å². The van der Waals surface area contributed by atoms with Gasteiger partial charge < -0.3 is 9.84 Å². The van der Waals surface area contributed by atoms with E-state index in [1.165, 1.54) is 45.8 Å². The minimum atomic E-state index is -2.51. The van der Waals surface area contributed by atoms with E-state index in [-0.39, 0.29) is 29.5 Å². The summed E-state index contributed by atoms with van der Waals surface area (Å²) >= 11 is 16.4. The first-order chi connectivity index (χ1) is 23.5. The van der Waals surface area contributed by atoms with Gasteiger partial charge in [-0.1, -0.05) is 69.5 Å². The number of aryl methyl sites for hydroxylation is 2. The molecule has 0 radical (unpaired) electrons. The molecule has 0 fully saturated rings. The third kappa shape index (κ3) is 10.4. The molecule has 4 aromatic heterocycles. The van der Waals surface area contributed by atoms with E-state index in [0.717, 1.165) is 0 Å². The van der Waals surface area contributed by atoms with Crippen LogP contribution >= 0.6 is 34.8 Å². The highest BCUT2D eigenvalue weighted by atomic mass is 35.5. The number of benzene rings is 2. The number of aliphatic hydroxyl groups excluding tert-OH is 1. The van der Waals surface area contributed by atoms with Crippen molar-refractivity contribution in [3.8, 4) is 17.3 Å². The number of aromatic nitrogens is 10. The highest BCUT2D eigenvalue weighted by molar-refractivity contribution is 6.31. The van der Waals surface area contributed by atoms with E-state index in [1.807, 2.05) is 0 Å². The lowest BCUT2D eigenvalue weighted by Gasteiger charge is -2.09. The first-order valence-corrected chi connectivity index (χ1v) is 15.1. The van der Waals surface area contributed by atoms with E-state index in [9.17, 15) is 22.7 Å². The van der Waals surface area contributed by atoms with Crippen molar-refractivity contribution in [1.29, 1.82) is 0 Å². The number of alkyl halides is 4. The summed E-state index contributed by atoms with van der Waals surface area (Å²) in [5.74, 6) is 0.305. The highest BCUT2D eigenvalue weighted by Crippen LogP contribution is 2.22. The third-order valence-electron chi connectivity index (χ3n) is 6.41. The fraction of sp³-hybridized carbons (Fsp3) is 0.200. The van der Waals surface area contributed by atoms with Crippen LogP contribution in [0.25, 0.3) is 11.4 Å². The van der Waals surface area contributed by atoms with Gasteiger partial charge >= 0.3 is 0 Å². The van der Waals surface area contributed by atoms with Crippen LogP contribution in [0, 0.1) is 13.8 Å². The fourth-order valence-corrected chi connectivity index (χ4v) is 4.16. The van der Waals surface area contributed by atoms with Crippen molar-refractivity contribution in [3.05, 3.63) is 122 Å². The number of hydrogen-bond donors (Lipinski definition) is 1. The molecule has 0 aliphatic heterocycles. The van der Waals surface area contributed by atoms with Gasteiger partial charge in [0.05, 0.1) is 35.1 Å². The van der Waals surface area contributed by atoms with Crippen LogP contribution in [0.5, 0.6) is 5.88 Å². The van der Waals surface area contributed by atoms with Crippen LogP contribution in [0.15, 0.2) is 72.8 Å². The number of hydrogen-bond acceptors (Lipinski definition) is 10. The molecule has 0 amide bonds. The molecule has 6 rings (SSSR count). The Kier molecular flexibility index (Phi) is 13.3. The Bertz CT molecular complexity index is 1890. The van der Waals surface area contributed by atoms with E-state index < -0.39 is 12.9 Å². The summed E-state index contributed by atoms with van der Waals surface area (Å²) in [7, 11) is 0. The van der Waals surface area contributed by atoms with Crippen LogP contribution in [0.4, 0.5) is 17.6 Å². The number of nitrogens with zero attached hydrogens (tertiary/aromatic N) is 10. The van der Waals surface area contributed by atoms with Gasteiger partial charge in [-0.25, -0.2) is 26.9 Å². The maximum Gasteiger partial charge on any atom is 0.263 e. The van der Waals surface area contributed by atoms with Crippen LogP contribution in [-0.4, -0.2) is 55.5 Å². The molecule has 0 saturated heterocycles. The zero-order valence-electron chi connectivity index (χ0n) is 25.5. The molecule has 12 nitrogen and oxygen atoms in total. The summed E-state index contributed by atoms with van der Waals surface area (Å²) in [6.45, 7) is 3.45. The number of rotatable bonds is 8. The molecule has 0 unspecified atom stereocenters. The van der Waals surface area contributed by atoms with Crippen LogP contribution in [0.3, 0.4) is 0 Å². The van der Waals surface area contributed by atoms with Crippen molar-refractivity contribution < 1.29 is 27.4 Å². The van der Waals surface area contributed by atoms with Crippen molar-refractivity contribution >= 4 is 34.8 Å². The van der Waals surface area contributed by atoms with Crippen molar-refractivity contribution in [2.75, 3.05) is 0 Å². The molecule has 0 bridgehead atoms. The molecule has 2 aromatic carbocycles. The van der Waals surface area contributed by atoms with E-state index in [0.29, 0.717) is 50.3 Å². The quantitative estimate of drug-likeness (QED) is 0.158. The summed E-state index contributed by atoms with van der Waals surface area (Å²) in [4.78, 5) is 0. The van der Waals surface area contributed by atoms with Crippen molar-refractivity contribution in [2.24, 2.45) is 0 Å². The van der Waals surface area contributed by atoms with Gasteiger partial charge in [-0.05, 0) is 56.3 Å². The Morgan fingerprint density at radius 3 is 1.39 bits per heavy atom. The summed E-state index contributed by atoms with van der Waals surface area (Å²) in [5, 5.41) is 40.3. The summed E-state index contributed by atoms with van der Waals surface area (Å²) < 4.78 is 58.6. The first kappa shape index (κ1) is 37.1. The van der Waals surface area contributed by atoms with E-state index in [4.69, 9.17) is 39.5 Å². The summed E-state index contributed by atoms with van der Waals surface area (Å²) in [6, 6.07) is 17.8. The molecule has 0 aliphatic rings. The van der Waals surface area contributed by atoms with Gasteiger partial charge in [-0.15, -0.1) is 30.6 Å². The normalized spacial score (nSPS) is 10.8. The standard InChI is InChI=1S/C15H12ClF2N5O.C11H11F2N3O.C4H2Cl2N2/c1-9-12(8-24-14-7-6-13(16)20-21-14)23(22-19-9)11-4-2-10(3-5-11)15(17)18;1-7-10(6-17)16(15-14-7)9-4-2-8(3-5-9)11(12)13;5-3-1-2-4(6)8-7-3/h2-7,15H,8H2,1H3;2-5,11,17H,6H2,1H3;1-2H. The molecular weight excluding hydrogens is 715 g/mol. The van der Waals surface area contributed by atoms with E-state index in [1.54, 1.807) is 50.2 Å². The fourth-order valence-electron chi connectivity index (χ4n) is 3.86. The molecule has 0 aliphatic carbocycles. The lowest BCUT2D eigenvalue weighted by atomic mass is 10.2. The van der Waals surface area contributed by atoms with Gasteiger partial charge in [-0.2, -0.15) is 0 Å². The number of ether oxygens (including phenoxy) is 1. The Labute approximate surface area is 291 Å². The Morgan fingerprint density at radius 2 is 1.00 bits per heavy atom. The summed E-state index contributed by atoms with van der Waals surface area (Å²) in [5.41, 5.74) is 3.62. The molecule has 4 heterocycles. The zero-order chi connectivity index (χ0) is 35.5. The Balaban J connectivity index is 0.000000187. The van der Waals surface area contributed by atoms with Gasteiger partial charge in [0.25, 0.3) is 12.9 Å². The molecule has 1 N–H and O–H groups in total. The van der Waals surface area contributed by atoms with Crippen LogP contribution in [0.2, 0.25) is 15.5 Å². The SMILES string of the molecule is Cc1nnn(-c2ccc(C(F)F)cc2)c1CO.Cc1nnn(-c2ccc(C(F)F)cc2)c1COc1ccc(Cl)nn1.Clc1ccc(Cl)nn1. The molecular formula is C30H25Cl3F4N10O2. The average molecular weight is 740 g/mol. The predicted octanol–water partition coefficient (Wildman–Crippen LogP) is 7.32. The van der Waals surface area contributed by atoms with Gasteiger partial charge in [0.15, 0.2) is 15.5 Å². The molecule has 0 spiro atoms. The maximum atomic E-state index is 12.6. The van der Waals surface area contributed by atoms with Crippen molar-refractivity contribution in [1.82, 2.24) is 50.4 Å². The topological polar surface area (TPSA) is 142 Å². The maximum absolute atomic E-state index is 12.6. The van der Waals surface area contributed by atoms with Gasteiger partial charge in [0.2, 0.25) is 5.88 Å². The molecule has 19 heteroatoms. The molecule has 49 heavy (non-hydrogen) atoms. The largest absolute Gasteiger partial charge is 0.470 e. The van der Waals surface area contributed by atoms with Gasteiger partial charge in [-0.3, -0.25) is 0 Å². The molecule has 6 aromatic rings. The number of halogens is 7. The minimum Gasteiger partial charge on any atom is -0.470 e. The third-order valence-corrected chi connectivity index (χ3v) is 7.01. The predicted molar refractivity (Wildman–Crippen MR) is 171 cm³/mol. The highest BCUT2D eigenvalue weighted by Gasteiger charge is 2.14. The zero-order valence-corrected chi connectivity index (χ0v) is 27.7. The minimum absolute atomic E-state index is 0.0452. The van der Waals surface area contributed by atoms with Gasteiger partial charge in [0, 0.05) is 17.2 Å². The second-order valence-corrected chi connectivity index (χ2v) is 10.8. The van der Waals surface area contributed by atoms with Crippen LogP contribution < -0.4 is 4.74 Å². The van der Waals surface area contributed by atoms with Crippen molar-refractivity contribution in [3.63, 3.8) is 0 Å². The second-order valence-electron chi connectivity index (χ2n) is 9.67. The van der Waals surface area contributed by atoms with Crippen molar-refractivity contribution in [2.45, 2.75) is 39.9 Å². The Morgan fingerprint density at radius 1 is 0.592 bits per heavy atom. The lowest BCUT2D eigenvalue weighted by molar-refractivity contribution is 0.151. The second kappa shape index (κ2) is 17.6. The monoisotopic (exact) mass is 738 g/mol. The smallest absolute Gasteiger partial charge is 0.263 e.